The zero-order valence-electron chi connectivity index (χ0n) is 14.1. The molecule has 0 spiro atoms. The largest absolute Gasteiger partial charge is 0.308 e. The molecule has 0 bridgehead atoms. The first-order valence-corrected chi connectivity index (χ1v) is 8.83. The van der Waals surface area contributed by atoms with Gasteiger partial charge in [0.2, 0.25) is 5.91 Å². The normalized spacial score (nSPS) is 22.6. The van der Waals surface area contributed by atoms with Crippen LogP contribution in [0.5, 0.6) is 0 Å². The number of rotatable bonds is 5. The molecular weight excluding hydrogens is 300 g/mol. The number of nitrogens with zero attached hydrogens (tertiary/aromatic N) is 3. The third kappa shape index (κ3) is 3.08. The first-order valence-electron chi connectivity index (χ1n) is 8.83. The van der Waals surface area contributed by atoms with Crippen LogP contribution in [0.1, 0.15) is 37.3 Å². The smallest absolute Gasteiger partial charge is 0.244 e. The maximum atomic E-state index is 13.0. The number of carbonyl (C=O) groups excluding carboxylic acids is 1. The van der Waals surface area contributed by atoms with Crippen LogP contribution < -0.4 is 10.2 Å². The minimum absolute atomic E-state index is 0.107. The minimum Gasteiger partial charge on any atom is -0.308 e. The summed E-state index contributed by atoms with van der Waals surface area (Å²) in [6.07, 6.45) is 8.11. The summed E-state index contributed by atoms with van der Waals surface area (Å²) < 4.78 is 1.75. The van der Waals surface area contributed by atoms with Gasteiger partial charge in [-0.05, 0) is 37.2 Å². The Balaban J connectivity index is 1.51. The fraction of sp³-hybridized carbons (Fsp3) is 0.474. The van der Waals surface area contributed by atoms with Gasteiger partial charge in [0, 0.05) is 25.8 Å². The highest BCUT2D eigenvalue weighted by molar-refractivity contribution is 5.97. The number of amides is 1. The highest BCUT2D eigenvalue weighted by Crippen LogP contribution is 2.41. The number of hydrogen-bond acceptors (Lipinski definition) is 3. The number of nitrogens with one attached hydrogen (secondary N) is 1. The summed E-state index contributed by atoms with van der Waals surface area (Å²) in [5.74, 6) is 0.838. The molecule has 1 aromatic carbocycles. The summed E-state index contributed by atoms with van der Waals surface area (Å²) in [7, 11) is 1.88. The Morgan fingerprint density at radius 1 is 1.21 bits per heavy atom. The Bertz CT molecular complexity index is 707. The molecule has 24 heavy (non-hydrogen) atoms. The van der Waals surface area contributed by atoms with Crippen molar-refractivity contribution in [2.75, 3.05) is 11.4 Å². The second-order valence-electron chi connectivity index (χ2n) is 6.95. The topological polar surface area (TPSA) is 50.2 Å². The van der Waals surface area contributed by atoms with Crippen LogP contribution in [0.2, 0.25) is 0 Å². The van der Waals surface area contributed by atoms with Crippen LogP contribution in [0.4, 0.5) is 5.69 Å². The highest BCUT2D eigenvalue weighted by Gasteiger charge is 2.37. The van der Waals surface area contributed by atoms with Crippen LogP contribution in [0.3, 0.4) is 0 Å². The molecule has 1 aliphatic heterocycles. The van der Waals surface area contributed by atoms with Crippen molar-refractivity contribution in [2.24, 2.45) is 13.0 Å². The van der Waals surface area contributed by atoms with E-state index in [2.05, 4.69) is 34.7 Å². The average Bonchev–Trinajstić information content (AvgIpc) is 3.35. The van der Waals surface area contributed by atoms with Crippen LogP contribution in [0.25, 0.3) is 0 Å². The van der Waals surface area contributed by atoms with E-state index in [1.165, 1.54) is 18.4 Å². The summed E-state index contributed by atoms with van der Waals surface area (Å²) in [4.78, 5) is 14.8. The van der Waals surface area contributed by atoms with E-state index in [9.17, 15) is 4.79 Å². The number of benzene rings is 1. The van der Waals surface area contributed by atoms with Crippen LogP contribution in [-0.4, -0.2) is 28.3 Å². The fourth-order valence-corrected chi connectivity index (χ4v) is 3.65. The first-order chi connectivity index (χ1) is 11.7. The summed E-state index contributed by atoms with van der Waals surface area (Å²) in [6.45, 7) is 0.780. The van der Waals surface area contributed by atoms with Crippen molar-refractivity contribution < 1.29 is 4.79 Å². The van der Waals surface area contributed by atoms with E-state index in [1.54, 1.807) is 10.9 Å². The lowest BCUT2D eigenvalue weighted by Crippen LogP contribution is -2.52. The third-order valence-corrected chi connectivity index (χ3v) is 5.07. The zero-order chi connectivity index (χ0) is 16.5. The lowest BCUT2D eigenvalue weighted by molar-refractivity contribution is -0.122. The molecule has 2 heterocycles. The van der Waals surface area contributed by atoms with Crippen molar-refractivity contribution in [3.8, 4) is 0 Å². The number of carbonyl (C=O) groups is 1. The van der Waals surface area contributed by atoms with Gasteiger partial charge in [-0.2, -0.15) is 5.10 Å². The van der Waals surface area contributed by atoms with Crippen molar-refractivity contribution in [3.05, 3.63) is 48.3 Å². The maximum absolute atomic E-state index is 13.0. The number of aromatic nitrogens is 2. The molecule has 5 nitrogen and oxygen atoms in total. The van der Waals surface area contributed by atoms with E-state index < -0.39 is 0 Å². The van der Waals surface area contributed by atoms with Gasteiger partial charge in [-0.1, -0.05) is 30.3 Å². The second-order valence-corrected chi connectivity index (χ2v) is 6.95. The molecule has 4 rings (SSSR count). The standard InChI is InChI=1S/C19H24N4O/c1-22-13-16(12-20-22)23-11-5-8-17(19(23)24)21-18(15-9-10-15)14-6-3-2-4-7-14/h2-4,6-7,12-13,15,17-18,21H,5,8-11H2,1H3/t17-,18-/m0/s1. The van der Waals surface area contributed by atoms with E-state index in [0.717, 1.165) is 25.1 Å². The predicted octanol–water partition coefficient (Wildman–Crippen LogP) is 2.66. The van der Waals surface area contributed by atoms with Crippen molar-refractivity contribution in [1.29, 1.82) is 0 Å². The monoisotopic (exact) mass is 324 g/mol. The van der Waals surface area contributed by atoms with E-state index in [4.69, 9.17) is 0 Å². The van der Waals surface area contributed by atoms with Crippen molar-refractivity contribution in [2.45, 2.75) is 37.8 Å². The minimum atomic E-state index is -0.107. The van der Waals surface area contributed by atoms with Crippen LogP contribution in [0, 0.1) is 5.92 Å². The van der Waals surface area contributed by atoms with Gasteiger partial charge in [0.05, 0.1) is 17.9 Å². The summed E-state index contributed by atoms with van der Waals surface area (Å²) in [6, 6.07) is 10.7. The SMILES string of the molecule is Cn1cc(N2CCC[C@H](N[C@@H](c3ccccc3)C3CC3)C2=O)cn1. The molecule has 1 aliphatic carbocycles. The zero-order valence-corrected chi connectivity index (χ0v) is 14.1. The Hall–Kier alpha value is -2.14. The molecule has 1 amide bonds. The van der Waals surface area contributed by atoms with Gasteiger partial charge in [-0.25, -0.2) is 0 Å². The molecule has 2 fully saturated rings. The molecule has 1 N–H and O–H groups in total. The number of anilines is 1. The third-order valence-electron chi connectivity index (χ3n) is 5.07. The van der Waals surface area contributed by atoms with Crippen LogP contribution in [0.15, 0.2) is 42.7 Å². The number of aryl methyl sites for hydroxylation is 1. The lowest BCUT2D eigenvalue weighted by Gasteiger charge is -2.34. The van der Waals surface area contributed by atoms with Crippen molar-refractivity contribution >= 4 is 11.6 Å². The van der Waals surface area contributed by atoms with Gasteiger partial charge in [-0.15, -0.1) is 0 Å². The summed E-state index contributed by atoms with van der Waals surface area (Å²) in [5, 5.41) is 7.87. The highest BCUT2D eigenvalue weighted by atomic mass is 16.2. The molecule has 1 aromatic heterocycles. The molecule has 2 atom stereocenters. The fourth-order valence-electron chi connectivity index (χ4n) is 3.65. The summed E-state index contributed by atoms with van der Waals surface area (Å²) in [5.41, 5.74) is 2.20. The Labute approximate surface area is 142 Å². The molecule has 5 heteroatoms. The second kappa shape index (κ2) is 6.40. The Kier molecular flexibility index (Phi) is 4.10. The van der Waals surface area contributed by atoms with E-state index >= 15 is 0 Å². The van der Waals surface area contributed by atoms with Crippen LogP contribution in [-0.2, 0) is 11.8 Å². The van der Waals surface area contributed by atoms with Gasteiger partial charge >= 0.3 is 0 Å². The molecule has 0 unspecified atom stereocenters. The lowest BCUT2D eigenvalue weighted by atomic mass is 9.98. The molecule has 1 saturated carbocycles. The quantitative estimate of drug-likeness (QED) is 0.920. The van der Waals surface area contributed by atoms with Crippen LogP contribution >= 0.6 is 0 Å². The van der Waals surface area contributed by atoms with E-state index in [-0.39, 0.29) is 18.0 Å². The average molecular weight is 324 g/mol. The molecular formula is C19H24N4O. The molecule has 2 aromatic rings. The van der Waals surface area contributed by atoms with Gasteiger partial charge in [-0.3, -0.25) is 14.8 Å². The first kappa shape index (κ1) is 15.4. The van der Waals surface area contributed by atoms with Gasteiger partial charge in [0.15, 0.2) is 0 Å². The molecule has 2 aliphatic rings. The molecule has 1 saturated heterocycles. The van der Waals surface area contributed by atoms with Gasteiger partial charge in [0.1, 0.15) is 0 Å². The van der Waals surface area contributed by atoms with Crippen molar-refractivity contribution in [1.82, 2.24) is 15.1 Å². The number of hydrogen-bond donors (Lipinski definition) is 1. The Morgan fingerprint density at radius 2 is 2.00 bits per heavy atom. The van der Waals surface area contributed by atoms with Gasteiger partial charge in [0.25, 0.3) is 0 Å². The Morgan fingerprint density at radius 3 is 2.67 bits per heavy atom. The number of piperidine rings is 1. The van der Waals surface area contributed by atoms with Gasteiger partial charge < -0.3 is 4.90 Å². The predicted molar refractivity (Wildman–Crippen MR) is 93.6 cm³/mol. The van der Waals surface area contributed by atoms with E-state index in [1.807, 2.05) is 24.2 Å². The summed E-state index contributed by atoms with van der Waals surface area (Å²) >= 11 is 0. The maximum Gasteiger partial charge on any atom is 0.244 e. The van der Waals surface area contributed by atoms with E-state index in [0.29, 0.717) is 5.92 Å². The molecule has 126 valence electrons. The van der Waals surface area contributed by atoms with Crippen molar-refractivity contribution in [3.63, 3.8) is 0 Å². The molecule has 0 radical (unpaired) electrons.